The van der Waals surface area contributed by atoms with Gasteiger partial charge in [-0.15, -0.1) is 0 Å². The third-order valence-corrected chi connectivity index (χ3v) is 4.84. The van der Waals surface area contributed by atoms with E-state index in [0.29, 0.717) is 22.6 Å². The first kappa shape index (κ1) is 24.4. The molecule has 0 spiro atoms. The third-order valence-electron chi connectivity index (χ3n) is 4.56. The lowest BCUT2D eigenvalue weighted by molar-refractivity contribution is -0.112. The van der Waals surface area contributed by atoms with Crippen molar-refractivity contribution in [2.45, 2.75) is 6.92 Å². The molecular weight excluding hydrogens is 456 g/mol. The summed E-state index contributed by atoms with van der Waals surface area (Å²) in [6.45, 7) is 2.04. The van der Waals surface area contributed by atoms with Gasteiger partial charge in [-0.25, -0.2) is 4.79 Å². The number of anilines is 1. The van der Waals surface area contributed by atoms with Crippen molar-refractivity contribution in [1.29, 1.82) is 5.26 Å². The molecular formula is C26H21ClN2O5. The minimum Gasteiger partial charge on any atom is -0.497 e. The summed E-state index contributed by atoms with van der Waals surface area (Å²) >= 11 is 6.40. The van der Waals surface area contributed by atoms with Crippen molar-refractivity contribution in [2.24, 2.45) is 0 Å². The number of carbonyl (C=O) groups excluding carboxylic acids is 2. The summed E-state index contributed by atoms with van der Waals surface area (Å²) in [5.74, 6) is -0.366. The number of nitrogens with one attached hydrogen (secondary N) is 1. The maximum atomic E-state index is 12.6. The normalized spacial score (nSPS) is 10.7. The molecule has 0 fully saturated rings. The van der Waals surface area contributed by atoms with Crippen LogP contribution in [-0.4, -0.2) is 25.6 Å². The molecule has 0 heterocycles. The molecule has 3 aromatic carbocycles. The maximum Gasteiger partial charge on any atom is 0.343 e. The van der Waals surface area contributed by atoms with Crippen LogP contribution in [0, 0.1) is 11.3 Å². The van der Waals surface area contributed by atoms with Crippen molar-refractivity contribution < 1.29 is 23.8 Å². The van der Waals surface area contributed by atoms with Crippen LogP contribution in [0.5, 0.6) is 17.2 Å². The zero-order valence-electron chi connectivity index (χ0n) is 18.5. The first-order valence-corrected chi connectivity index (χ1v) is 10.6. The van der Waals surface area contributed by atoms with Crippen molar-refractivity contribution >= 4 is 35.2 Å². The largest absolute Gasteiger partial charge is 0.497 e. The summed E-state index contributed by atoms with van der Waals surface area (Å²) in [6, 6.07) is 20.1. The summed E-state index contributed by atoms with van der Waals surface area (Å²) in [6.07, 6.45) is 1.38. The number of para-hydroxylation sites is 1. The number of hydrogen-bond acceptors (Lipinski definition) is 6. The Morgan fingerprint density at radius 1 is 1.09 bits per heavy atom. The molecule has 0 aliphatic rings. The van der Waals surface area contributed by atoms with Crippen LogP contribution in [0.3, 0.4) is 0 Å². The second kappa shape index (κ2) is 11.5. The number of nitriles is 1. The van der Waals surface area contributed by atoms with Crippen LogP contribution in [0.4, 0.5) is 5.69 Å². The molecule has 8 heteroatoms. The molecule has 7 nitrogen and oxygen atoms in total. The number of rotatable bonds is 8. The van der Waals surface area contributed by atoms with Gasteiger partial charge in [0.2, 0.25) is 0 Å². The van der Waals surface area contributed by atoms with Crippen LogP contribution >= 0.6 is 11.6 Å². The van der Waals surface area contributed by atoms with Gasteiger partial charge in [0, 0.05) is 5.69 Å². The van der Waals surface area contributed by atoms with E-state index in [1.54, 1.807) is 61.5 Å². The van der Waals surface area contributed by atoms with E-state index < -0.39 is 11.9 Å². The molecule has 0 saturated carbocycles. The van der Waals surface area contributed by atoms with E-state index in [1.165, 1.54) is 19.3 Å². The Morgan fingerprint density at radius 2 is 1.79 bits per heavy atom. The highest BCUT2D eigenvalue weighted by atomic mass is 35.5. The Bertz CT molecular complexity index is 1250. The number of benzene rings is 3. The second-order valence-electron chi connectivity index (χ2n) is 6.87. The smallest absolute Gasteiger partial charge is 0.343 e. The minimum absolute atomic E-state index is 0.0359. The zero-order chi connectivity index (χ0) is 24.5. The van der Waals surface area contributed by atoms with Crippen molar-refractivity contribution in [3.05, 3.63) is 88.5 Å². The Balaban J connectivity index is 1.87. The minimum atomic E-state index is -0.631. The zero-order valence-corrected chi connectivity index (χ0v) is 19.3. The van der Waals surface area contributed by atoms with Crippen LogP contribution < -0.4 is 19.5 Å². The molecule has 0 unspecified atom stereocenters. The van der Waals surface area contributed by atoms with Crippen molar-refractivity contribution in [3.8, 4) is 23.3 Å². The second-order valence-corrected chi connectivity index (χ2v) is 7.28. The van der Waals surface area contributed by atoms with Crippen LogP contribution in [-0.2, 0) is 4.79 Å². The molecule has 1 N–H and O–H groups in total. The molecule has 0 aliphatic heterocycles. The number of halogens is 1. The van der Waals surface area contributed by atoms with Gasteiger partial charge < -0.3 is 19.5 Å². The summed E-state index contributed by atoms with van der Waals surface area (Å²) < 4.78 is 16.2. The van der Waals surface area contributed by atoms with Gasteiger partial charge in [-0.1, -0.05) is 29.8 Å². The summed E-state index contributed by atoms with van der Waals surface area (Å²) in [7, 11) is 1.53. The van der Waals surface area contributed by atoms with Crippen LogP contribution in [0.15, 0.2) is 72.3 Å². The molecule has 3 rings (SSSR count). The van der Waals surface area contributed by atoms with Gasteiger partial charge in [-0.05, 0) is 67.1 Å². The fourth-order valence-corrected chi connectivity index (χ4v) is 3.20. The van der Waals surface area contributed by atoms with E-state index in [0.717, 1.165) is 0 Å². The Kier molecular flexibility index (Phi) is 8.27. The van der Waals surface area contributed by atoms with Crippen LogP contribution in [0.25, 0.3) is 6.08 Å². The number of carbonyl (C=O) groups is 2. The molecule has 0 aliphatic carbocycles. The van der Waals surface area contributed by atoms with Gasteiger partial charge in [0.1, 0.15) is 17.4 Å². The van der Waals surface area contributed by atoms with Crippen LogP contribution in [0.1, 0.15) is 22.8 Å². The molecule has 34 heavy (non-hydrogen) atoms. The molecule has 0 aromatic heterocycles. The van der Waals surface area contributed by atoms with E-state index in [2.05, 4.69) is 5.32 Å². The third kappa shape index (κ3) is 6.15. The topological polar surface area (TPSA) is 97.6 Å². The molecule has 1 amide bonds. The number of hydrogen-bond donors (Lipinski definition) is 1. The average molecular weight is 477 g/mol. The number of methoxy groups -OCH3 is 1. The monoisotopic (exact) mass is 476 g/mol. The lowest BCUT2D eigenvalue weighted by Crippen LogP contribution is -2.13. The van der Waals surface area contributed by atoms with E-state index >= 15 is 0 Å². The molecule has 0 saturated heterocycles. The highest BCUT2D eigenvalue weighted by Crippen LogP contribution is 2.38. The maximum absolute atomic E-state index is 12.6. The molecule has 0 bridgehead atoms. The Labute approximate surface area is 202 Å². The predicted molar refractivity (Wildman–Crippen MR) is 129 cm³/mol. The number of amides is 1. The predicted octanol–water partition coefficient (Wildman–Crippen LogP) is 5.51. The number of esters is 1. The quantitative estimate of drug-likeness (QED) is 0.199. The van der Waals surface area contributed by atoms with Gasteiger partial charge in [-0.2, -0.15) is 5.26 Å². The van der Waals surface area contributed by atoms with Gasteiger partial charge >= 0.3 is 5.97 Å². The lowest BCUT2D eigenvalue weighted by atomic mass is 10.1. The van der Waals surface area contributed by atoms with Gasteiger partial charge in [0.05, 0.1) is 24.3 Å². The standard InChI is InChI=1S/C26H21ClN2O5/c1-3-33-23-15-17(13-19(16-28)25(30)29-20-7-5-4-6-8-20)14-22(27)24(23)34-26(31)18-9-11-21(32-2)12-10-18/h4-15H,3H2,1-2H3,(H,29,30)/b19-13+. The molecule has 172 valence electrons. The SMILES string of the molecule is CCOc1cc(/C=C(\C#N)C(=O)Nc2ccccc2)cc(Cl)c1OC(=O)c1ccc(OC)cc1. The van der Waals surface area contributed by atoms with E-state index in [9.17, 15) is 14.9 Å². The molecule has 3 aromatic rings. The van der Waals surface area contributed by atoms with Gasteiger partial charge in [0.15, 0.2) is 11.5 Å². The van der Waals surface area contributed by atoms with E-state index in [-0.39, 0.29) is 28.7 Å². The fraction of sp³-hybridized carbons (Fsp3) is 0.115. The lowest BCUT2D eigenvalue weighted by Gasteiger charge is -2.14. The summed E-state index contributed by atoms with van der Waals surface area (Å²) in [5, 5.41) is 12.2. The van der Waals surface area contributed by atoms with Crippen molar-refractivity contribution in [1.82, 2.24) is 0 Å². The van der Waals surface area contributed by atoms with Crippen LogP contribution in [0.2, 0.25) is 5.02 Å². The molecule has 0 atom stereocenters. The van der Waals surface area contributed by atoms with Gasteiger partial charge in [-0.3, -0.25) is 4.79 Å². The van der Waals surface area contributed by atoms with Gasteiger partial charge in [0.25, 0.3) is 5.91 Å². The Morgan fingerprint density at radius 3 is 2.41 bits per heavy atom. The fourth-order valence-electron chi connectivity index (χ4n) is 2.95. The first-order chi connectivity index (χ1) is 16.4. The summed E-state index contributed by atoms with van der Waals surface area (Å²) in [4.78, 5) is 25.1. The molecule has 0 radical (unpaired) electrons. The van der Waals surface area contributed by atoms with Crippen molar-refractivity contribution in [3.63, 3.8) is 0 Å². The van der Waals surface area contributed by atoms with E-state index in [1.807, 2.05) is 12.1 Å². The number of nitrogens with zero attached hydrogens (tertiary/aromatic N) is 1. The van der Waals surface area contributed by atoms with Crippen molar-refractivity contribution in [2.75, 3.05) is 19.0 Å². The Hall–Kier alpha value is -4.28. The average Bonchev–Trinajstić information content (AvgIpc) is 2.85. The number of ether oxygens (including phenoxy) is 3. The van der Waals surface area contributed by atoms with E-state index in [4.69, 9.17) is 25.8 Å². The summed E-state index contributed by atoms with van der Waals surface area (Å²) in [5.41, 5.74) is 1.15. The highest BCUT2D eigenvalue weighted by molar-refractivity contribution is 6.32. The highest BCUT2D eigenvalue weighted by Gasteiger charge is 2.18. The first-order valence-electron chi connectivity index (χ1n) is 10.3.